The van der Waals surface area contributed by atoms with Gasteiger partial charge in [-0.2, -0.15) is 0 Å². The van der Waals surface area contributed by atoms with Crippen LogP contribution in [0.25, 0.3) is 11.0 Å². The first-order chi connectivity index (χ1) is 18.2. The molecule has 2 aromatic heterocycles. The minimum atomic E-state index is -0.290. The lowest BCUT2D eigenvalue weighted by molar-refractivity contribution is 0.191. The Hall–Kier alpha value is -3.56. The molecular formula is C28H33N7OS. The van der Waals surface area contributed by atoms with Crippen LogP contribution in [0.2, 0.25) is 0 Å². The van der Waals surface area contributed by atoms with E-state index in [9.17, 15) is 4.79 Å². The molecule has 5 rings (SSSR count). The van der Waals surface area contributed by atoms with Gasteiger partial charge in [-0.25, -0.2) is 9.78 Å². The number of piperidine rings is 1. The summed E-state index contributed by atoms with van der Waals surface area (Å²) >= 11 is 1.41. The fourth-order valence-electron chi connectivity index (χ4n) is 4.84. The van der Waals surface area contributed by atoms with Crippen LogP contribution >= 0.6 is 11.9 Å². The van der Waals surface area contributed by atoms with E-state index in [-0.39, 0.29) is 6.03 Å². The maximum atomic E-state index is 12.1. The van der Waals surface area contributed by atoms with Crippen molar-refractivity contribution < 1.29 is 4.79 Å². The van der Waals surface area contributed by atoms with Gasteiger partial charge in [0, 0.05) is 31.5 Å². The molecular weight excluding hydrogens is 482 g/mol. The van der Waals surface area contributed by atoms with Gasteiger partial charge in [0.15, 0.2) is 0 Å². The number of carbonyl (C=O) groups excluding carboxylic acids is 1. The summed E-state index contributed by atoms with van der Waals surface area (Å²) < 4.78 is 5.22. The van der Waals surface area contributed by atoms with Crippen LogP contribution in [-0.2, 0) is 13.0 Å². The Kier molecular flexibility index (Phi) is 8.22. The van der Waals surface area contributed by atoms with Crippen LogP contribution in [0.4, 0.5) is 16.2 Å². The minimum absolute atomic E-state index is 0.290. The Morgan fingerprint density at radius 3 is 2.65 bits per heavy atom. The smallest absolute Gasteiger partial charge is 0.329 e. The van der Waals surface area contributed by atoms with E-state index in [0.29, 0.717) is 17.3 Å². The molecule has 4 aromatic rings. The molecule has 4 N–H and O–H groups in total. The van der Waals surface area contributed by atoms with Gasteiger partial charge in [-0.3, -0.25) is 9.71 Å². The van der Waals surface area contributed by atoms with Crippen molar-refractivity contribution in [2.24, 2.45) is 5.92 Å². The van der Waals surface area contributed by atoms with Crippen LogP contribution < -0.4 is 15.8 Å². The molecule has 0 unspecified atom stereocenters. The number of carbonyl (C=O) groups is 1. The fourth-order valence-corrected chi connectivity index (χ4v) is 5.48. The van der Waals surface area contributed by atoms with E-state index in [1.165, 1.54) is 28.9 Å². The summed E-state index contributed by atoms with van der Waals surface area (Å²) in [7, 11) is 0. The van der Waals surface area contributed by atoms with Gasteiger partial charge in [-0.05, 0) is 67.6 Å². The first-order valence-corrected chi connectivity index (χ1v) is 13.7. The van der Waals surface area contributed by atoms with Crippen LogP contribution in [0.3, 0.4) is 0 Å². The standard InChI is InChI=1S/C28H33N7OS/c29-23-10-13-30-19-25(23)32-28(36)33-37-17-16-34-14-11-21(12-15-34)18-27-31-24-8-4-5-9-26(24)35(27)20-22-6-2-1-3-7-22/h1-10,13,19,21H,11-12,14-18,20H2,(H2,29,30)(H2,32,33,36). The lowest BCUT2D eigenvalue weighted by atomic mass is 9.93. The van der Waals surface area contributed by atoms with E-state index in [0.717, 1.165) is 56.7 Å². The highest BCUT2D eigenvalue weighted by Crippen LogP contribution is 2.25. The number of nitrogens with one attached hydrogen (secondary N) is 2. The maximum Gasteiger partial charge on any atom is 0.329 e. The van der Waals surface area contributed by atoms with Gasteiger partial charge in [-0.15, -0.1) is 0 Å². The number of nitrogen functional groups attached to an aromatic ring is 1. The molecule has 0 aliphatic carbocycles. The van der Waals surface area contributed by atoms with Crippen LogP contribution in [0.5, 0.6) is 0 Å². The largest absolute Gasteiger partial charge is 0.397 e. The molecule has 0 radical (unpaired) electrons. The van der Waals surface area contributed by atoms with Crippen molar-refractivity contribution in [3.63, 3.8) is 0 Å². The topological polar surface area (TPSA) is 101 Å². The van der Waals surface area contributed by atoms with Crippen molar-refractivity contribution in [1.82, 2.24) is 24.2 Å². The molecule has 0 bridgehead atoms. The third-order valence-corrected chi connectivity index (χ3v) is 7.59. The summed E-state index contributed by atoms with van der Waals surface area (Å²) in [6, 6.07) is 20.4. The minimum Gasteiger partial charge on any atom is -0.397 e. The molecule has 37 heavy (non-hydrogen) atoms. The van der Waals surface area contributed by atoms with Crippen molar-refractivity contribution in [3.8, 4) is 0 Å². The van der Waals surface area contributed by atoms with Crippen LogP contribution in [-0.4, -0.2) is 50.9 Å². The van der Waals surface area contributed by atoms with Crippen LogP contribution in [0, 0.1) is 5.92 Å². The van der Waals surface area contributed by atoms with Crippen molar-refractivity contribution in [2.45, 2.75) is 25.8 Å². The highest BCUT2D eigenvalue weighted by atomic mass is 32.2. The van der Waals surface area contributed by atoms with Crippen molar-refractivity contribution in [1.29, 1.82) is 0 Å². The van der Waals surface area contributed by atoms with E-state index in [2.05, 4.69) is 79.1 Å². The molecule has 1 saturated heterocycles. The number of para-hydroxylation sites is 2. The zero-order chi connectivity index (χ0) is 25.5. The molecule has 3 heterocycles. The predicted molar refractivity (Wildman–Crippen MR) is 151 cm³/mol. The van der Waals surface area contributed by atoms with Crippen LogP contribution in [0.1, 0.15) is 24.2 Å². The Balaban J connectivity index is 1.08. The average Bonchev–Trinajstić information content (AvgIpc) is 3.26. The van der Waals surface area contributed by atoms with Crippen molar-refractivity contribution in [2.75, 3.05) is 36.4 Å². The number of nitrogens with two attached hydrogens (primary N) is 1. The van der Waals surface area contributed by atoms with Gasteiger partial charge < -0.3 is 20.5 Å². The second kappa shape index (κ2) is 12.1. The lowest BCUT2D eigenvalue weighted by Crippen LogP contribution is -2.36. The number of urea groups is 1. The summed E-state index contributed by atoms with van der Waals surface area (Å²) in [5.41, 5.74) is 10.4. The van der Waals surface area contributed by atoms with E-state index in [4.69, 9.17) is 10.7 Å². The molecule has 1 aliphatic rings. The van der Waals surface area contributed by atoms with E-state index in [1.54, 1.807) is 18.5 Å². The van der Waals surface area contributed by atoms with Crippen molar-refractivity contribution >= 4 is 40.4 Å². The second-order valence-corrected chi connectivity index (χ2v) is 10.3. The van der Waals surface area contributed by atoms with E-state index in [1.807, 2.05) is 0 Å². The SMILES string of the molecule is Nc1ccncc1NC(=O)NSCCN1CCC(Cc2nc3ccccc3n2Cc2ccccc2)CC1. The first kappa shape index (κ1) is 25.1. The number of pyridine rings is 1. The second-order valence-electron chi connectivity index (χ2n) is 9.45. The molecule has 0 saturated carbocycles. The Labute approximate surface area is 221 Å². The molecule has 2 aromatic carbocycles. The normalized spacial score (nSPS) is 14.6. The van der Waals surface area contributed by atoms with Gasteiger partial charge in [-0.1, -0.05) is 42.5 Å². The summed E-state index contributed by atoms with van der Waals surface area (Å²) in [5.74, 6) is 2.64. The molecule has 0 spiro atoms. The van der Waals surface area contributed by atoms with Gasteiger partial charge in [0.2, 0.25) is 0 Å². The highest BCUT2D eigenvalue weighted by Gasteiger charge is 2.22. The van der Waals surface area contributed by atoms with Crippen molar-refractivity contribution in [3.05, 3.63) is 84.4 Å². The maximum absolute atomic E-state index is 12.1. The summed E-state index contributed by atoms with van der Waals surface area (Å²) in [5, 5.41) is 2.73. The van der Waals surface area contributed by atoms with Gasteiger partial charge in [0.1, 0.15) is 5.82 Å². The number of likely N-dealkylation sites (tertiary alicyclic amines) is 1. The number of hydrogen-bond acceptors (Lipinski definition) is 6. The number of nitrogens with zero attached hydrogens (tertiary/aromatic N) is 4. The number of hydrogen-bond donors (Lipinski definition) is 3. The molecule has 8 nitrogen and oxygen atoms in total. The molecule has 0 atom stereocenters. The lowest BCUT2D eigenvalue weighted by Gasteiger charge is -2.31. The van der Waals surface area contributed by atoms with E-state index >= 15 is 0 Å². The zero-order valence-electron chi connectivity index (χ0n) is 20.8. The predicted octanol–water partition coefficient (Wildman–Crippen LogP) is 4.79. The monoisotopic (exact) mass is 515 g/mol. The Bertz CT molecular complexity index is 1320. The quantitative estimate of drug-likeness (QED) is 0.219. The Morgan fingerprint density at radius 2 is 1.84 bits per heavy atom. The molecule has 192 valence electrons. The number of imidazole rings is 1. The first-order valence-electron chi connectivity index (χ1n) is 12.7. The van der Waals surface area contributed by atoms with Crippen LogP contribution in [0.15, 0.2) is 73.1 Å². The number of benzene rings is 2. The molecule has 9 heteroatoms. The number of amides is 2. The van der Waals surface area contributed by atoms with Gasteiger partial charge in [0.25, 0.3) is 0 Å². The van der Waals surface area contributed by atoms with E-state index < -0.39 is 0 Å². The Morgan fingerprint density at radius 1 is 1.05 bits per heavy atom. The average molecular weight is 516 g/mol. The molecule has 1 aliphatic heterocycles. The van der Waals surface area contributed by atoms with Gasteiger partial charge in [0.05, 0.1) is 28.6 Å². The molecule has 2 amide bonds. The summed E-state index contributed by atoms with van der Waals surface area (Å²) in [6.45, 7) is 3.94. The summed E-state index contributed by atoms with van der Waals surface area (Å²) in [4.78, 5) is 23.6. The number of aromatic nitrogens is 3. The number of fused-ring (bicyclic) bond motifs is 1. The molecule has 1 fully saturated rings. The number of anilines is 2. The number of rotatable bonds is 9. The summed E-state index contributed by atoms with van der Waals surface area (Å²) in [6.07, 6.45) is 6.46. The third kappa shape index (κ3) is 6.61. The fraction of sp³-hybridized carbons (Fsp3) is 0.321. The highest BCUT2D eigenvalue weighted by molar-refractivity contribution is 7.97. The van der Waals surface area contributed by atoms with Gasteiger partial charge >= 0.3 is 6.03 Å². The zero-order valence-corrected chi connectivity index (χ0v) is 21.7. The third-order valence-electron chi connectivity index (χ3n) is 6.87.